The van der Waals surface area contributed by atoms with E-state index in [2.05, 4.69) is 25.7 Å². The summed E-state index contributed by atoms with van der Waals surface area (Å²) in [6, 6.07) is 0.467. The number of hydrogen-bond acceptors (Lipinski definition) is 6. The fourth-order valence-corrected chi connectivity index (χ4v) is 5.23. The summed E-state index contributed by atoms with van der Waals surface area (Å²) in [7, 11) is -1.19. The number of piperidine rings is 1. The Labute approximate surface area is 171 Å². The number of nitrogens with one attached hydrogen (secondary N) is 2. The van der Waals surface area contributed by atoms with Crippen LogP contribution >= 0.6 is 0 Å². The number of amides is 1. The molecule has 5 rings (SSSR count). The lowest BCUT2D eigenvalue weighted by atomic mass is 10.0. The largest absolute Gasteiger partial charge is 0.351 e. The summed E-state index contributed by atoms with van der Waals surface area (Å²) in [6.45, 7) is 5.55. The standard InChI is InChI=1S/C19H25N7O2S/c1-12(2)26-11-14(9-21-26)29(28)25-7-3-13(4-8-25)22-18-20-10-15-16(24-18)23-17(27)19(15)5-6-19/h9-13H,3-8H2,1-2H3,(H2,20,22,23,24,27). The molecule has 0 aromatic carbocycles. The third-order valence-electron chi connectivity index (χ3n) is 6.05. The second-order valence-corrected chi connectivity index (χ2v) is 9.82. The molecule has 2 aromatic rings. The Balaban J connectivity index is 1.19. The second-order valence-electron chi connectivity index (χ2n) is 8.34. The van der Waals surface area contributed by atoms with Gasteiger partial charge in [-0.05, 0) is 39.5 Å². The molecule has 1 spiro atoms. The monoisotopic (exact) mass is 415 g/mol. The molecule has 2 fully saturated rings. The average Bonchev–Trinajstić information content (AvgIpc) is 3.27. The van der Waals surface area contributed by atoms with Crippen LogP contribution in [0, 0.1) is 0 Å². The predicted molar refractivity (Wildman–Crippen MR) is 109 cm³/mol. The first kappa shape index (κ1) is 18.7. The molecule has 0 radical (unpaired) electrons. The minimum absolute atomic E-state index is 0.0514. The molecule has 29 heavy (non-hydrogen) atoms. The quantitative estimate of drug-likeness (QED) is 0.772. The van der Waals surface area contributed by atoms with E-state index in [0.29, 0.717) is 11.8 Å². The van der Waals surface area contributed by atoms with Crippen LogP contribution in [0.15, 0.2) is 23.5 Å². The van der Waals surface area contributed by atoms with Gasteiger partial charge in [0.25, 0.3) is 0 Å². The first-order valence-electron chi connectivity index (χ1n) is 10.1. The van der Waals surface area contributed by atoms with Gasteiger partial charge in [-0.2, -0.15) is 10.1 Å². The van der Waals surface area contributed by atoms with Gasteiger partial charge in [0.2, 0.25) is 11.9 Å². The third-order valence-corrected chi connectivity index (χ3v) is 7.50. The maximum Gasteiger partial charge on any atom is 0.236 e. The lowest BCUT2D eigenvalue weighted by Crippen LogP contribution is -2.40. The van der Waals surface area contributed by atoms with Crippen molar-refractivity contribution < 1.29 is 9.00 Å². The predicted octanol–water partition coefficient (Wildman–Crippen LogP) is 1.84. The topological polar surface area (TPSA) is 105 Å². The Hall–Kier alpha value is -2.33. The van der Waals surface area contributed by atoms with Crippen molar-refractivity contribution in [3.05, 3.63) is 24.2 Å². The van der Waals surface area contributed by atoms with E-state index in [-0.39, 0.29) is 23.4 Å². The SMILES string of the molecule is CC(C)n1cc(S(=O)N2CCC(Nc3ncc4c(n3)NC(=O)C43CC3)CC2)cn1. The van der Waals surface area contributed by atoms with Crippen molar-refractivity contribution in [2.24, 2.45) is 0 Å². The van der Waals surface area contributed by atoms with Gasteiger partial charge in [0.05, 0.1) is 16.5 Å². The minimum atomic E-state index is -1.19. The Morgan fingerprint density at radius 3 is 2.69 bits per heavy atom. The summed E-state index contributed by atoms with van der Waals surface area (Å²) >= 11 is 0. The van der Waals surface area contributed by atoms with Gasteiger partial charge < -0.3 is 10.6 Å². The van der Waals surface area contributed by atoms with Crippen LogP contribution in [0.3, 0.4) is 0 Å². The summed E-state index contributed by atoms with van der Waals surface area (Å²) in [4.78, 5) is 21.8. The van der Waals surface area contributed by atoms with Gasteiger partial charge in [0.15, 0.2) is 0 Å². The fraction of sp³-hybridized carbons (Fsp3) is 0.579. The number of fused-ring (bicyclic) bond motifs is 2. The lowest BCUT2D eigenvalue weighted by molar-refractivity contribution is -0.117. The highest BCUT2D eigenvalue weighted by molar-refractivity contribution is 7.82. The molecule has 2 aliphatic heterocycles. The van der Waals surface area contributed by atoms with E-state index >= 15 is 0 Å². The van der Waals surface area contributed by atoms with Gasteiger partial charge in [0, 0.05) is 43.1 Å². The molecule has 0 bridgehead atoms. The van der Waals surface area contributed by atoms with Gasteiger partial charge in [-0.25, -0.2) is 13.5 Å². The van der Waals surface area contributed by atoms with Crippen LogP contribution in [-0.2, 0) is 21.2 Å². The van der Waals surface area contributed by atoms with E-state index in [1.165, 1.54) is 0 Å². The number of rotatable bonds is 5. The molecule has 10 heteroatoms. The number of aromatic nitrogens is 4. The number of carbonyl (C=O) groups is 1. The summed E-state index contributed by atoms with van der Waals surface area (Å²) in [5.74, 6) is 1.24. The van der Waals surface area contributed by atoms with Crippen LogP contribution in [0.4, 0.5) is 11.8 Å². The molecule has 2 N–H and O–H groups in total. The van der Waals surface area contributed by atoms with Crippen LogP contribution in [0.2, 0.25) is 0 Å². The van der Waals surface area contributed by atoms with Gasteiger partial charge in [-0.15, -0.1) is 0 Å². The summed E-state index contributed by atoms with van der Waals surface area (Å²) in [5.41, 5.74) is 0.576. The van der Waals surface area contributed by atoms with Crippen molar-refractivity contribution in [3.63, 3.8) is 0 Å². The van der Waals surface area contributed by atoms with Crippen molar-refractivity contribution in [1.82, 2.24) is 24.1 Å². The Morgan fingerprint density at radius 1 is 1.28 bits per heavy atom. The molecule has 1 aliphatic carbocycles. The van der Waals surface area contributed by atoms with Crippen molar-refractivity contribution in [2.75, 3.05) is 23.7 Å². The number of carbonyl (C=O) groups excluding carboxylic acids is 1. The molecular weight excluding hydrogens is 390 g/mol. The molecule has 2 aromatic heterocycles. The third kappa shape index (κ3) is 3.24. The van der Waals surface area contributed by atoms with Gasteiger partial charge in [0.1, 0.15) is 16.8 Å². The molecule has 3 aliphatic rings. The minimum Gasteiger partial charge on any atom is -0.351 e. The molecule has 4 heterocycles. The number of nitrogens with zero attached hydrogens (tertiary/aromatic N) is 5. The summed E-state index contributed by atoms with van der Waals surface area (Å²) < 4.78 is 16.6. The Morgan fingerprint density at radius 2 is 2.03 bits per heavy atom. The maximum absolute atomic E-state index is 12.8. The molecule has 1 saturated carbocycles. The summed E-state index contributed by atoms with van der Waals surface area (Å²) in [5, 5.41) is 10.6. The number of anilines is 2. The zero-order valence-electron chi connectivity index (χ0n) is 16.6. The van der Waals surface area contributed by atoms with Crippen molar-refractivity contribution in [1.29, 1.82) is 0 Å². The van der Waals surface area contributed by atoms with Crippen molar-refractivity contribution >= 4 is 28.7 Å². The van der Waals surface area contributed by atoms with Crippen LogP contribution in [0.5, 0.6) is 0 Å². The molecule has 1 unspecified atom stereocenters. The molecule has 1 saturated heterocycles. The smallest absolute Gasteiger partial charge is 0.236 e. The van der Waals surface area contributed by atoms with E-state index in [4.69, 9.17) is 0 Å². The van der Waals surface area contributed by atoms with Gasteiger partial charge in [-0.3, -0.25) is 9.48 Å². The highest BCUT2D eigenvalue weighted by atomic mass is 32.2. The van der Waals surface area contributed by atoms with E-state index in [1.807, 2.05) is 29.0 Å². The zero-order valence-corrected chi connectivity index (χ0v) is 17.4. The highest BCUT2D eigenvalue weighted by Crippen LogP contribution is 2.54. The van der Waals surface area contributed by atoms with Crippen molar-refractivity contribution in [3.8, 4) is 0 Å². The molecule has 154 valence electrons. The second kappa shape index (κ2) is 6.88. The zero-order chi connectivity index (χ0) is 20.2. The van der Waals surface area contributed by atoms with Crippen LogP contribution in [-0.4, -0.2) is 53.3 Å². The van der Waals surface area contributed by atoms with Gasteiger partial charge >= 0.3 is 0 Å². The van der Waals surface area contributed by atoms with Crippen molar-refractivity contribution in [2.45, 2.75) is 61.9 Å². The van der Waals surface area contributed by atoms with E-state index in [9.17, 15) is 9.00 Å². The van der Waals surface area contributed by atoms with Crippen LogP contribution in [0.1, 0.15) is 51.1 Å². The first-order valence-corrected chi connectivity index (χ1v) is 11.2. The molecule has 1 atom stereocenters. The van der Waals surface area contributed by atoms with Crippen LogP contribution < -0.4 is 10.6 Å². The van der Waals surface area contributed by atoms with Crippen LogP contribution in [0.25, 0.3) is 0 Å². The average molecular weight is 416 g/mol. The molecule has 9 nitrogen and oxygen atoms in total. The van der Waals surface area contributed by atoms with Gasteiger partial charge in [-0.1, -0.05) is 0 Å². The normalized spacial score (nSPS) is 22.0. The van der Waals surface area contributed by atoms with E-state index < -0.39 is 11.0 Å². The molecule has 1 amide bonds. The van der Waals surface area contributed by atoms with E-state index in [0.717, 1.165) is 49.2 Å². The lowest BCUT2D eigenvalue weighted by Gasteiger charge is -2.30. The number of hydrogen-bond donors (Lipinski definition) is 2. The molecular formula is C19H25N7O2S. The fourth-order valence-electron chi connectivity index (χ4n) is 4.06. The Kier molecular flexibility index (Phi) is 4.43. The maximum atomic E-state index is 12.8. The summed E-state index contributed by atoms with van der Waals surface area (Å²) in [6.07, 6.45) is 8.80. The highest BCUT2D eigenvalue weighted by Gasteiger charge is 2.57. The van der Waals surface area contributed by atoms with E-state index in [1.54, 1.807) is 12.4 Å². The first-order chi connectivity index (χ1) is 14.0. The Bertz CT molecular complexity index is 977.